The molecule has 3 rings (SSSR count). The van der Waals surface area contributed by atoms with Crippen LogP contribution in [0.3, 0.4) is 0 Å². The average molecular weight is 310 g/mol. The molecule has 122 valence electrons. The fourth-order valence-electron chi connectivity index (χ4n) is 3.28. The quantitative estimate of drug-likeness (QED) is 0.931. The lowest BCUT2D eigenvalue weighted by molar-refractivity contribution is 0.0948. The summed E-state index contributed by atoms with van der Waals surface area (Å²) in [5, 5.41) is 0. The molecule has 0 radical (unpaired) electrons. The van der Waals surface area contributed by atoms with Crippen LogP contribution in [0.5, 0.6) is 5.75 Å². The van der Waals surface area contributed by atoms with Crippen LogP contribution in [-0.4, -0.2) is 17.0 Å². The maximum absolute atomic E-state index is 6.07. The van der Waals surface area contributed by atoms with Crippen molar-refractivity contribution in [2.45, 2.75) is 45.5 Å². The zero-order chi connectivity index (χ0) is 16.4. The Hall–Kier alpha value is -1.84. The molecule has 3 nitrogen and oxygen atoms in total. The summed E-state index contributed by atoms with van der Waals surface area (Å²) in [5.41, 5.74) is 10.0. The first-order valence-electron chi connectivity index (χ1n) is 8.25. The number of hydrogen-bond acceptors (Lipinski definition) is 3. The Morgan fingerprint density at radius 1 is 1.13 bits per heavy atom. The first-order chi connectivity index (χ1) is 11.0. The average Bonchev–Trinajstić information content (AvgIpc) is 2.92. The first kappa shape index (κ1) is 16.0. The lowest BCUT2D eigenvalue weighted by Crippen LogP contribution is -2.42. The van der Waals surface area contributed by atoms with Crippen LogP contribution in [0.25, 0.3) is 0 Å². The first-order valence-corrected chi connectivity index (χ1v) is 8.25. The molecular weight excluding hydrogens is 284 g/mol. The second-order valence-electron chi connectivity index (χ2n) is 7.19. The molecule has 23 heavy (non-hydrogen) atoms. The van der Waals surface area contributed by atoms with Gasteiger partial charge in [0.15, 0.2) is 0 Å². The molecule has 1 aliphatic rings. The molecule has 1 heterocycles. The van der Waals surface area contributed by atoms with Crippen molar-refractivity contribution in [2.24, 2.45) is 5.73 Å². The lowest BCUT2D eigenvalue weighted by Gasteiger charge is -2.36. The number of rotatable bonds is 4. The lowest BCUT2D eigenvalue weighted by atomic mass is 10.0. The SMILES string of the molecule is CC(C)(C)N1Cc2ccc(OCc3ccccc3)cc2C1CN. The summed E-state index contributed by atoms with van der Waals surface area (Å²) in [6.45, 7) is 8.92. The van der Waals surface area contributed by atoms with E-state index in [4.69, 9.17) is 10.5 Å². The highest BCUT2D eigenvalue weighted by Crippen LogP contribution is 2.39. The Bertz CT molecular complexity index is 661. The Kier molecular flexibility index (Phi) is 4.42. The summed E-state index contributed by atoms with van der Waals surface area (Å²) in [5.74, 6) is 0.918. The fourth-order valence-corrected chi connectivity index (χ4v) is 3.28. The summed E-state index contributed by atoms with van der Waals surface area (Å²) in [7, 11) is 0. The Labute approximate surface area is 139 Å². The molecule has 2 N–H and O–H groups in total. The van der Waals surface area contributed by atoms with E-state index in [2.05, 4.69) is 56.0 Å². The van der Waals surface area contributed by atoms with Crippen molar-refractivity contribution in [1.82, 2.24) is 4.90 Å². The van der Waals surface area contributed by atoms with Crippen molar-refractivity contribution >= 4 is 0 Å². The van der Waals surface area contributed by atoms with Crippen molar-refractivity contribution < 1.29 is 4.74 Å². The van der Waals surface area contributed by atoms with Crippen molar-refractivity contribution in [1.29, 1.82) is 0 Å². The molecule has 0 fully saturated rings. The van der Waals surface area contributed by atoms with E-state index in [0.717, 1.165) is 12.3 Å². The number of fused-ring (bicyclic) bond motifs is 1. The Morgan fingerprint density at radius 2 is 1.87 bits per heavy atom. The van der Waals surface area contributed by atoms with E-state index < -0.39 is 0 Å². The van der Waals surface area contributed by atoms with Crippen LogP contribution in [-0.2, 0) is 13.2 Å². The summed E-state index contributed by atoms with van der Waals surface area (Å²) in [4.78, 5) is 2.47. The summed E-state index contributed by atoms with van der Waals surface area (Å²) in [6, 6.07) is 16.9. The number of nitrogens with two attached hydrogens (primary N) is 1. The maximum atomic E-state index is 6.07. The fraction of sp³-hybridized carbons (Fsp3) is 0.400. The summed E-state index contributed by atoms with van der Waals surface area (Å²) >= 11 is 0. The second-order valence-corrected chi connectivity index (χ2v) is 7.19. The number of ether oxygens (including phenoxy) is 1. The Balaban J connectivity index is 1.78. The molecule has 0 amide bonds. The molecule has 0 bridgehead atoms. The minimum absolute atomic E-state index is 0.105. The van der Waals surface area contributed by atoms with Crippen molar-refractivity contribution in [2.75, 3.05) is 6.54 Å². The van der Waals surface area contributed by atoms with Gasteiger partial charge in [-0.25, -0.2) is 0 Å². The summed E-state index contributed by atoms with van der Waals surface area (Å²) < 4.78 is 5.97. The highest BCUT2D eigenvalue weighted by Gasteiger charge is 2.36. The molecule has 1 atom stereocenters. The normalized spacial score (nSPS) is 18.0. The summed E-state index contributed by atoms with van der Waals surface area (Å²) in [6.07, 6.45) is 0. The van der Waals surface area contributed by atoms with Gasteiger partial charge < -0.3 is 10.5 Å². The van der Waals surface area contributed by atoms with Gasteiger partial charge in [0, 0.05) is 24.7 Å². The van der Waals surface area contributed by atoms with Crippen LogP contribution in [0.4, 0.5) is 0 Å². The van der Waals surface area contributed by atoms with Crippen LogP contribution >= 0.6 is 0 Å². The zero-order valence-corrected chi connectivity index (χ0v) is 14.3. The van der Waals surface area contributed by atoms with Gasteiger partial charge in [0.2, 0.25) is 0 Å². The molecule has 2 aromatic rings. The molecule has 0 aromatic heterocycles. The van der Waals surface area contributed by atoms with Crippen LogP contribution < -0.4 is 10.5 Å². The van der Waals surface area contributed by atoms with Gasteiger partial charge in [0.05, 0.1) is 0 Å². The molecule has 2 aromatic carbocycles. The molecule has 0 spiro atoms. The monoisotopic (exact) mass is 310 g/mol. The largest absolute Gasteiger partial charge is 0.489 e. The van der Waals surface area contributed by atoms with E-state index in [1.807, 2.05) is 18.2 Å². The van der Waals surface area contributed by atoms with Crippen LogP contribution in [0.2, 0.25) is 0 Å². The van der Waals surface area contributed by atoms with Crippen molar-refractivity contribution in [3.8, 4) is 5.75 Å². The molecule has 0 saturated carbocycles. The molecular formula is C20H26N2O. The van der Waals surface area contributed by atoms with E-state index in [0.29, 0.717) is 13.2 Å². The standard InChI is InChI=1S/C20H26N2O/c1-20(2,3)22-13-16-9-10-17(11-18(16)19(22)12-21)23-14-15-7-5-4-6-8-15/h4-11,19H,12-14,21H2,1-3H3. The number of nitrogens with zero attached hydrogens (tertiary/aromatic N) is 1. The minimum atomic E-state index is 0.105. The predicted octanol–water partition coefficient (Wildman–Crippen LogP) is 3.88. The smallest absolute Gasteiger partial charge is 0.120 e. The maximum Gasteiger partial charge on any atom is 0.120 e. The van der Waals surface area contributed by atoms with Gasteiger partial charge in [0.25, 0.3) is 0 Å². The molecule has 0 saturated heterocycles. The Morgan fingerprint density at radius 3 is 2.52 bits per heavy atom. The predicted molar refractivity (Wildman–Crippen MR) is 94.3 cm³/mol. The molecule has 3 heteroatoms. The zero-order valence-electron chi connectivity index (χ0n) is 14.3. The third-order valence-corrected chi connectivity index (χ3v) is 4.53. The van der Waals surface area contributed by atoms with Crippen molar-refractivity contribution in [3.05, 3.63) is 65.2 Å². The van der Waals surface area contributed by atoms with E-state index in [1.165, 1.54) is 16.7 Å². The molecule has 1 aliphatic heterocycles. The van der Waals surface area contributed by atoms with Gasteiger partial charge in [-0.15, -0.1) is 0 Å². The van der Waals surface area contributed by atoms with Gasteiger partial charge >= 0.3 is 0 Å². The minimum Gasteiger partial charge on any atom is -0.489 e. The highest BCUT2D eigenvalue weighted by atomic mass is 16.5. The van der Waals surface area contributed by atoms with Crippen molar-refractivity contribution in [3.63, 3.8) is 0 Å². The van der Waals surface area contributed by atoms with Crippen LogP contribution in [0.1, 0.15) is 43.5 Å². The van der Waals surface area contributed by atoms with Crippen LogP contribution in [0, 0.1) is 0 Å². The van der Waals surface area contributed by atoms with E-state index >= 15 is 0 Å². The van der Waals surface area contributed by atoms with Gasteiger partial charge in [-0.3, -0.25) is 4.90 Å². The third kappa shape index (κ3) is 3.41. The second kappa shape index (κ2) is 6.34. The third-order valence-electron chi connectivity index (χ3n) is 4.53. The van der Waals surface area contributed by atoms with Gasteiger partial charge in [-0.05, 0) is 49.6 Å². The van der Waals surface area contributed by atoms with E-state index in [1.54, 1.807) is 0 Å². The number of hydrogen-bond donors (Lipinski definition) is 1. The van der Waals surface area contributed by atoms with E-state index in [-0.39, 0.29) is 11.6 Å². The molecule has 0 aliphatic carbocycles. The van der Waals surface area contributed by atoms with Gasteiger partial charge in [-0.1, -0.05) is 36.4 Å². The highest BCUT2D eigenvalue weighted by molar-refractivity contribution is 5.41. The molecule has 1 unspecified atom stereocenters. The van der Waals surface area contributed by atoms with Crippen LogP contribution in [0.15, 0.2) is 48.5 Å². The van der Waals surface area contributed by atoms with Gasteiger partial charge in [-0.2, -0.15) is 0 Å². The topological polar surface area (TPSA) is 38.5 Å². The van der Waals surface area contributed by atoms with E-state index in [9.17, 15) is 0 Å². The van der Waals surface area contributed by atoms with Gasteiger partial charge in [0.1, 0.15) is 12.4 Å². The number of benzene rings is 2.